The van der Waals surface area contributed by atoms with Gasteiger partial charge >= 0.3 is 0 Å². The first kappa shape index (κ1) is 38.0. The molecule has 0 bridgehead atoms. The Balaban J connectivity index is 1.01. The first-order valence-electron chi connectivity index (χ1n) is 24.0. The Morgan fingerprint density at radius 3 is 1.31 bits per heavy atom. The van der Waals surface area contributed by atoms with Gasteiger partial charge in [0.1, 0.15) is 11.2 Å². The van der Waals surface area contributed by atoms with E-state index in [1.807, 2.05) is 0 Å². The SMILES string of the molecule is CC1(C)c2ccccc2-c2ccc(N(c3ccc4c(c3)C3(c5ccccc5-c5ccccc53)c3ccccc3-4)c3cccc4oc5c(C6(C)c7ccccc7-c7ccccc76)cccc5c34)cc21. The molecule has 68 heavy (non-hydrogen) atoms. The van der Waals surface area contributed by atoms with Crippen LogP contribution in [0.25, 0.3) is 66.4 Å². The second-order valence-electron chi connectivity index (χ2n) is 20.0. The summed E-state index contributed by atoms with van der Waals surface area (Å²) in [6.45, 7) is 7.14. The molecule has 0 saturated carbocycles. The lowest BCUT2D eigenvalue weighted by Crippen LogP contribution is -2.26. The molecular weight excluding hydrogens is 823 g/mol. The van der Waals surface area contributed by atoms with E-state index >= 15 is 0 Å². The molecule has 320 valence electrons. The van der Waals surface area contributed by atoms with Gasteiger partial charge in [-0.2, -0.15) is 0 Å². The zero-order valence-corrected chi connectivity index (χ0v) is 38.1. The molecule has 0 fully saturated rings. The molecular formula is C66H45NO. The van der Waals surface area contributed by atoms with Crippen molar-refractivity contribution in [1.82, 2.24) is 0 Å². The van der Waals surface area contributed by atoms with Gasteiger partial charge in [0.25, 0.3) is 0 Å². The summed E-state index contributed by atoms with van der Waals surface area (Å²) in [7, 11) is 0. The van der Waals surface area contributed by atoms with Gasteiger partial charge in [-0.15, -0.1) is 0 Å². The molecule has 4 aliphatic rings. The van der Waals surface area contributed by atoms with E-state index in [0.29, 0.717) is 0 Å². The summed E-state index contributed by atoms with van der Waals surface area (Å²) >= 11 is 0. The third-order valence-corrected chi connectivity index (χ3v) is 16.6. The molecule has 2 nitrogen and oxygen atoms in total. The van der Waals surface area contributed by atoms with Gasteiger partial charge in [-0.25, -0.2) is 0 Å². The number of nitrogens with zero attached hydrogens (tertiary/aromatic N) is 1. The Morgan fingerprint density at radius 2 is 0.750 bits per heavy atom. The lowest BCUT2D eigenvalue weighted by Gasteiger charge is -2.32. The van der Waals surface area contributed by atoms with Gasteiger partial charge in [0.15, 0.2) is 0 Å². The Morgan fingerprint density at radius 1 is 0.338 bits per heavy atom. The molecule has 0 aliphatic heterocycles. The molecule has 11 aromatic rings. The van der Waals surface area contributed by atoms with Crippen molar-refractivity contribution in [3.8, 4) is 44.5 Å². The molecule has 4 aliphatic carbocycles. The van der Waals surface area contributed by atoms with Crippen molar-refractivity contribution >= 4 is 39.0 Å². The molecule has 0 atom stereocenters. The van der Waals surface area contributed by atoms with Crippen LogP contribution < -0.4 is 4.90 Å². The van der Waals surface area contributed by atoms with Gasteiger partial charge in [-0.1, -0.05) is 196 Å². The van der Waals surface area contributed by atoms with Crippen molar-refractivity contribution in [2.75, 3.05) is 4.90 Å². The second-order valence-corrected chi connectivity index (χ2v) is 20.0. The van der Waals surface area contributed by atoms with Crippen LogP contribution in [0.15, 0.2) is 223 Å². The number of hydrogen-bond donors (Lipinski definition) is 0. The number of hydrogen-bond acceptors (Lipinski definition) is 2. The molecule has 0 unspecified atom stereocenters. The normalized spacial score (nSPS) is 15.3. The maximum absolute atomic E-state index is 7.25. The summed E-state index contributed by atoms with van der Waals surface area (Å²) in [6.07, 6.45) is 0. The predicted molar refractivity (Wildman–Crippen MR) is 280 cm³/mol. The first-order chi connectivity index (χ1) is 33.4. The van der Waals surface area contributed by atoms with E-state index in [2.05, 4.69) is 244 Å². The zero-order chi connectivity index (χ0) is 45.1. The minimum absolute atomic E-state index is 0.179. The number of furan rings is 1. The highest BCUT2D eigenvalue weighted by Crippen LogP contribution is 2.64. The highest BCUT2D eigenvalue weighted by Gasteiger charge is 2.52. The maximum atomic E-state index is 7.25. The highest BCUT2D eigenvalue weighted by molar-refractivity contribution is 6.15. The van der Waals surface area contributed by atoms with Crippen LogP contribution in [-0.4, -0.2) is 0 Å². The van der Waals surface area contributed by atoms with E-state index in [9.17, 15) is 0 Å². The third kappa shape index (κ3) is 4.58. The number of anilines is 3. The molecule has 15 rings (SSSR count). The van der Waals surface area contributed by atoms with Crippen LogP contribution in [0.5, 0.6) is 0 Å². The number of benzene rings is 10. The molecule has 1 heterocycles. The molecule has 10 aromatic carbocycles. The van der Waals surface area contributed by atoms with Crippen molar-refractivity contribution in [1.29, 1.82) is 0 Å². The van der Waals surface area contributed by atoms with Crippen LogP contribution in [0, 0.1) is 0 Å². The molecule has 0 amide bonds. The largest absolute Gasteiger partial charge is 0.456 e. The minimum atomic E-state index is -0.477. The number of rotatable bonds is 4. The fraction of sp³-hybridized carbons (Fsp3) is 0.0909. The van der Waals surface area contributed by atoms with Gasteiger partial charge in [0, 0.05) is 33.2 Å². The van der Waals surface area contributed by atoms with E-state index in [0.717, 1.165) is 39.0 Å². The average Bonchev–Trinajstić information content (AvgIpc) is 4.14. The summed E-state index contributed by atoms with van der Waals surface area (Å²) < 4.78 is 7.25. The quantitative estimate of drug-likeness (QED) is 0.175. The topological polar surface area (TPSA) is 16.4 Å². The predicted octanol–water partition coefficient (Wildman–Crippen LogP) is 17.0. The molecule has 0 saturated heterocycles. The van der Waals surface area contributed by atoms with E-state index in [4.69, 9.17) is 4.42 Å². The molecule has 2 heteroatoms. The number of para-hydroxylation sites is 1. The Hall–Kier alpha value is -8.20. The highest BCUT2D eigenvalue weighted by atomic mass is 16.3. The van der Waals surface area contributed by atoms with Crippen molar-refractivity contribution < 1.29 is 4.42 Å². The number of fused-ring (bicyclic) bond motifs is 19. The van der Waals surface area contributed by atoms with Gasteiger partial charge in [0.2, 0.25) is 0 Å². The fourth-order valence-corrected chi connectivity index (χ4v) is 13.6. The van der Waals surface area contributed by atoms with Crippen LogP contribution in [-0.2, 0) is 16.2 Å². The van der Waals surface area contributed by atoms with E-state index < -0.39 is 10.8 Å². The lowest BCUT2D eigenvalue weighted by atomic mass is 9.70. The van der Waals surface area contributed by atoms with E-state index in [1.165, 1.54) is 94.6 Å². The smallest absolute Gasteiger partial charge is 0.139 e. The summed E-state index contributed by atoms with van der Waals surface area (Å²) in [5, 5.41) is 2.21. The zero-order valence-electron chi connectivity index (χ0n) is 38.1. The van der Waals surface area contributed by atoms with Crippen LogP contribution in [0.2, 0.25) is 0 Å². The minimum Gasteiger partial charge on any atom is -0.456 e. The molecule has 1 spiro atoms. The van der Waals surface area contributed by atoms with Crippen molar-refractivity contribution in [2.45, 2.75) is 37.0 Å². The Kier molecular flexibility index (Phi) is 7.39. The Labute approximate surface area is 396 Å². The van der Waals surface area contributed by atoms with E-state index in [-0.39, 0.29) is 5.41 Å². The van der Waals surface area contributed by atoms with Crippen LogP contribution in [0.1, 0.15) is 70.8 Å². The van der Waals surface area contributed by atoms with Crippen molar-refractivity contribution in [2.24, 2.45) is 0 Å². The first-order valence-corrected chi connectivity index (χ1v) is 24.0. The Bertz CT molecular complexity index is 3880. The summed E-state index contributed by atoms with van der Waals surface area (Å²) in [6, 6.07) is 81.9. The van der Waals surface area contributed by atoms with Crippen LogP contribution in [0.4, 0.5) is 17.1 Å². The standard InChI is InChI=1S/C66H45NO/c1-64(2)51-25-10-4-18-42(51)48-36-34-40(38-58(48)64)67(41-35-37-49-47-23-9-15-30-56(47)66(59(49)39-41)54-28-13-7-21-45(54)46-22-8-14-29-55(46)66)60-32-17-33-61-62(60)50-24-16-31-57(63(50)68-61)65(3)52-26-11-5-19-43(52)44-20-6-12-27-53(44)65/h4-39H,1-3H3. The second kappa shape index (κ2) is 13.2. The average molecular weight is 868 g/mol. The monoisotopic (exact) mass is 867 g/mol. The van der Waals surface area contributed by atoms with Gasteiger partial charge in [-0.3, -0.25) is 0 Å². The summed E-state index contributed by atoms with van der Waals surface area (Å²) in [4.78, 5) is 2.52. The molecule has 0 N–H and O–H groups in total. The van der Waals surface area contributed by atoms with Gasteiger partial charge < -0.3 is 9.32 Å². The van der Waals surface area contributed by atoms with Gasteiger partial charge in [-0.05, 0) is 132 Å². The van der Waals surface area contributed by atoms with Crippen LogP contribution >= 0.6 is 0 Å². The van der Waals surface area contributed by atoms with Gasteiger partial charge in [0.05, 0.1) is 16.5 Å². The molecule has 1 aromatic heterocycles. The van der Waals surface area contributed by atoms with E-state index in [1.54, 1.807) is 0 Å². The lowest BCUT2D eigenvalue weighted by molar-refractivity contribution is 0.638. The summed E-state index contributed by atoms with van der Waals surface area (Å²) in [5.41, 5.74) is 26.2. The van der Waals surface area contributed by atoms with Crippen LogP contribution in [0.3, 0.4) is 0 Å². The van der Waals surface area contributed by atoms with Crippen molar-refractivity contribution in [3.05, 3.63) is 268 Å². The third-order valence-electron chi connectivity index (χ3n) is 16.6. The fourth-order valence-electron chi connectivity index (χ4n) is 13.6. The summed E-state index contributed by atoms with van der Waals surface area (Å²) in [5.74, 6) is 0. The van der Waals surface area contributed by atoms with Crippen molar-refractivity contribution in [3.63, 3.8) is 0 Å². The maximum Gasteiger partial charge on any atom is 0.139 e. The molecule has 0 radical (unpaired) electrons.